The quantitative estimate of drug-likeness (QED) is 0.828. The number of hydrogen-bond acceptors (Lipinski definition) is 4. The van der Waals surface area contributed by atoms with Gasteiger partial charge in [-0.1, -0.05) is 46.9 Å². The van der Waals surface area contributed by atoms with Gasteiger partial charge in [-0.05, 0) is 29.3 Å². The van der Waals surface area contributed by atoms with Crippen LogP contribution >= 0.6 is 11.6 Å². The highest BCUT2D eigenvalue weighted by Gasteiger charge is 2.58. The lowest BCUT2D eigenvalue weighted by Crippen LogP contribution is -2.48. The van der Waals surface area contributed by atoms with Gasteiger partial charge >= 0.3 is 5.84 Å². The van der Waals surface area contributed by atoms with Crippen LogP contribution in [0.1, 0.15) is 5.56 Å². The fraction of sp³-hybridized carbons (Fsp3) is 0.200. The van der Waals surface area contributed by atoms with Crippen molar-refractivity contribution in [2.45, 2.75) is 5.54 Å². The molecule has 0 saturated carbocycles. The number of hydrogen-bond donors (Lipinski definition) is 1. The van der Waals surface area contributed by atoms with Crippen LogP contribution in [0, 0.1) is 0 Å². The van der Waals surface area contributed by atoms with Crippen LogP contribution in [0.3, 0.4) is 0 Å². The number of carbonyl (C=O) groups is 1. The molecule has 0 aromatic heterocycles. The molecular formula is C20H19ClN5O+. The first kappa shape index (κ1) is 17.4. The maximum Gasteiger partial charge on any atom is 0.335 e. The third-order valence-electron chi connectivity index (χ3n) is 4.93. The van der Waals surface area contributed by atoms with Crippen LogP contribution in [0.25, 0.3) is 11.1 Å². The second kappa shape index (κ2) is 6.32. The van der Waals surface area contributed by atoms with Gasteiger partial charge in [-0.2, -0.15) is 0 Å². The van der Waals surface area contributed by atoms with Crippen molar-refractivity contribution in [2.75, 3.05) is 20.6 Å². The van der Waals surface area contributed by atoms with E-state index in [4.69, 9.17) is 17.3 Å². The van der Waals surface area contributed by atoms with E-state index in [0.717, 1.165) is 16.7 Å². The zero-order valence-corrected chi connectivity index (χ0v) is 15.8. The number of benzene rings is 2. The smallest absolute Gasteiger partial charge is 0.335 e. The van der Waals surface area contributed by atoms with Crippen LogP contribution in [-0.4, -0.2) is 54.0 Å². The number of carbonyl (C=O) groups excluding carboxylic acids is 1. The lowest BCUT2D eigenvalue weighted by atomic mass is 9.86. The Balaban J connectivity index is 1.92. The van der Waals surface area contributed by atoms with Crippen LogP contribution in [0.5, 0.6) is 0 Å². The third kappa shape index (κ3) is 2.64. The van der Waals surface area contributed by atoms with Crippen molar-refractivity contribution in [3.8, 4) is 11.1 Å². The molecule has 27 heavy (non-hydrogen) atoms. The molecule has 2 aliphatic rings. The van der Waals surface area contributed by atoms with Crippen molar-refractivity contribution >= 4 is 35.5 Å². The average molecular weight is 381 g/mol. The second-order valence-corrected chi connectivity index (χ2v) is 7.03. The summed E-state index contributed by atoms with van der Waals surface area (Å²) in [7, 11) is 3.49. The molecule has 0 saturated heterocycles. The van der Waals surface area contributed by atoms with E-state index in [1.54, 1.807) is 7.05 Å². The van der Waals surface area contributed by atoms with Gasteiger partial charge in [-0.3, -0.25) is 9.69 Å². The Kier molecular flexibility index (Phi) is 4.08. The Morgan fingerprint density at radius 2 is 1.89 bits per heavy atom. The number of halogens is 1. The van der Waals surface area contributed by atoms with Crippen LogP contribution in [0.2, 0.25) is 5.02 Å². The summed E-state index contributed by atoms with van der Waals surface area (Å²) in [6, 6.07) is 15.3. The molecule has 2 aromatic rings. The summed E-state index contributed by atoms with van der Waals surface area (Å²) < 4.78 is 1.85. The van der Waals surface area contributed by atoms with E-state index in [2.05, 4.69) is 9.98 Å². The van der Waals surface area contributed by atoms with E-state index < -0.39 is 5.54 Å². The monoisotopic (exact) mass is 380 g/mol. The molecule has 2 aromatic carbocycles. The Morgan fingerprint density at radius 1 is 1.19 bits per heavy atom. The summed E-state index contributed by atoms with van der Waals surface area (Å²) >= 11 is 6.14. The van der Waals surface area contributed by atoms with Gasteiger partial charge in [-0.15, -0.1) is 0 Å². The number of nitrogens with zero attached hydrogens (tertiary/aromatic N) is 4. The maximum atomic E-state index is 13.3. The molecule has 136 valence electrons. The summed E-state index contributed by atoms with van der Waals surface area (Å²) in [5, 5.41) is 0.654. The Hall–Kier alpha value is -2.99. The van der Waals surface area contributed by atoms with Crippen LogP contribution < -0.4 is 5.73 Å². The van der Waals surface area contributed by atoms with Gasteiger partial charge in [0.2, 0.25) is 0 Å². The summed E-state index contributed by atoms with van der Waals surface area (Å²) in [5.74, 6) is 0.531. The van der Waals surface area contributed by atoms with E-state index in [0.29, 0.717) is 17.4 Å². The minimum absolute atomic E-state index is 0.177. The molecule has 0 aliphatic carbocycles. The van der Waals surface area contributed by atoms with Crippen LogP contribution in [0.15, 0.2) is 58.5 Å². The molecule has 0 bridgehead atoms. The van der Waals surface area contributed by atoms with Gasteiger partial charge in [0.15, 0.2) is 12.5 Å². The van der Waals surface area contributed by atoms with Gasteiger partial charge in [0.1, 0.15) is 6.21 Å². The van der Waals surface area contributed by atoms with Gasteiger partial charge in [0, 0.05) is 17.6 Å². The molecule has 0 radical (unpaired) electrons. The predicted molar refractivity (Wildman–Crippen MR) is 108 cm³/mol. The standard InChI is InChI=1S/C20H19ClN5O/c1-25-10-9-23-17(25)20(18(27)26(2)19(22)24-20)15-7-3-5-13(11-15)14-6-4-8-16(21)12-14/h3-8,10-12H,9H2,1-2H3,(H2,22,24)/q+1. The Morgan fingerprint density at radius 3 is 2.48 bits per heavy atom. The number of nitrogens with two attached hydrogens (primary N) is 1. The van der Waals surface area contributed by atoms with Crippen molar-refractivity contribution in [3.05, 3.63) is 59.1 Å². The highest BCUT2D eigenvalue weighted by molar-refractivity contribution is 6.30. The van der Waals surface area contributed by atoms with Crippen LogP contribution in [0.4, 0.5) is 0 Å². The molecule has 7 heteroatoms. The SMILES string of the molecule is CN1C(=O)C(C2=NCC=[N+]2C)(c2cccc(-c3cccc(Cl)c3)c2)N=C1N. The van der Waals surface area contributed by atoms with Crippen LogP contribution in [-0.2, 0) is 10.3 Å². The molecule has 0 fully saturated rings. The number of rotatable bonds is 3. The molecule has 1 atom stereocenters. The van der Waals surface area contributed by atoms with E-state index >= 15 is 0 Å². The highest BCUT2D eigenvalue weighted by Crippen LogP contribution is 2.37. The normalized spacial score (nSPS) is 22.0. The summed E-state index contributed by atoms with van der Waals surface area (Å²) in [4.78, 5) is 23.8. The zero-order chi connectivity index (χ0) is 19.2. The first-order valence-corrected chi connectivity index (χ1v) is 8.92. The largest absolute Gasteiger partial charge is 0.369 e. The number of likely N-dealkylation sites (N-methyl/N-ethyl adjacent to an activating group) is 2. The van der Waals surface area contributed by atoms with Crippen molar-refractivity contribution in [2.24, 2.45) is 15.7 Å². The molecule has 1 amide bonds. The number of amidine groups is 1. The van der Waals surface area contributed by atoms with E-state index in [9.17, 15) is 4.79 Å². The fourth-order valence-electron chi connectivity index (χ4n) is 3.51. The third-order valence-corrected chi connectivity index (χ3v) is 5.17. The fourth-order valence-corrected chi connectivity index (χ4v) is 3.70. The molecule has 2 heterocycles. The number of aliphatic imine (C=N–C) groups is 2. The van der Waals surface area contributed by atoms with Crippen molar-refractivity contribution in [3.63, 3.8) is 0 Å². The summed E-state index contributed by atoms with van der Waals surface area (Å²) in [5.41, 5.74) is 7.36. The highest BCUT2D eigenvalue weighted by atomic mass is 35.5. The van der Waals surface area contributed by atoms with Gasteiger partial charge < -0.3 is 5.73 Å². The molecular weight excluding hydrogens is 362 g/mol. The maximum absolute atomic E-state index is 13.3. The molecule has 2 N–H and O–H groups in total. The topological polar surface area (TPSA) is 74.1 Å². The minimum atomic E-state index is -1.28. The molecule has 6 nitrogen and oxygen atoms in total. The van der Waals surface area contributed by atoms with E-state index in [-0.39, 0.29) is 11.9 Å². The van der Waals surface area contributed by atoms with Crippen molar-refractivity contribution < 1.29 is 9.37 Å². The molecule has 0 spiro atoms. The molecule has 4 rings (SSSR count). The number of amides is 1. The summed E-state index contributed by atoms with van der Waals surface area (Å²) in [6.45, 7) is 0.508. The van der Waals surface area contributed by atoms with Gasteiger partial charge in [0.05, 0.1) is 7.05 Å². The zero-order valence-electron chi connectivity index (χ0n) is 15.1. The summed E-state index contributed by atoms with van der Waals surface area (Å²) in [6.07, 6.45) is 1.91. The van der Waals surface area contributed by atoms with E-state index in [1.807, 2.05) is 66.4 Å². The lowest BCUT2D eigenvalue weighted by Gasteiger charge is -2.22. The van der Waals surface area contributed by atoms with E-state index in [1.165, 1.54) is 4.90 Å². The first-order valence-electron chi connectivity index (χ1n) is 8.54. The number of guanidine groups is 1. The first-order chi connectivity index (χ1) is 12.9. The van der Waals surface area contributed by atoms with Gasteiger partial charge in [0.25, 0.3) is 11.4 Å². The molecule has 1 unspecified atom stereocenters. The molecule has 2 aliphatic heterocycles. The van der Waals surface area contributed by atoms with Crippen molar-refractivity contribution in [1.29, 1.82) is 0 Å². The van der Waals surface area contributed by atoms with Crippen molar-refractivity contribution in [1.82, 2.24) is 4.90 Å². The predicted octanol–water partition coefficient (Wildman–Crippen LogP) is 2.11. The van der Waals surface area contributed by atoms with Gasteiger partial charge in [-0.25, -0.2) is 9.57 Å². The minimum Gasteiger partial charge on any atom is -0.369 e. The second-order valence-electron chi connectivity index (χ2n) is 6.59. The lowest BCUT2D eigenvalue weighted by molar-refractivity contribution is -0.368. The Bertz CT molecular complexity index is 1040. The Labute approximate surface area is 162 Å². The average Bonchev–Trinajstić information content (AvgIpc) is 3.19.